The third kappa shape index (κ3) is 2.29. The number of hydrogen-bond acceptors (Lipinski definition) is 5. The van der Waals surface area contributed by atoms with Crippen LogP contribution in [0.2, 0.25) is 0 Å². The Labute approximate surface area is 170 Å². The molecule has 1 fully saturated rings. The van der Waals surface area contributed by atoms with Crippen LogP contribution in [0.3, 0.4) is 0 Å². The van der Waals surface area contributed by atoms with Crippen molar-refractivity contribution in [3.05, 3.63) is 47.5 Å². The van der Waals surface area contributed by atoms with Crippen LogP contribution in [-0.4, -0.2) is 52.0 Å². The second kappa shape index (κ2) is 6.13. The second-order valence-electron chi connectivity index (χ2n) is 8.35. The Morgan fingerprint density at radius 3 is 2.83 bits per heavy atom. The van der Waals surface area contributed by atoms with Gasteiger partial charge in [-0.25, -0.2) is 0 Å². The van der Waals surface area contributed by atoms with Gasteiger partial charge in [0.1, 0.15) is 30.1 Å². The van der Waals surface area contributed by atoms with Crippen LogP contribution < -0.4 is 19.3 Å². The first-order valence-electron chi connectivity index (χ1n) is 10.4. The minimum atomic E-state index is -0.807. The molecule has 1 spiro atoms. The SMILES string of the molecule is CN1CCOc2cc3c(cc21)OCC31C(=O)N(C[C@H]2CCCO2)c2ccccc21. The van der Waals surface area contributed by atoms with Crippen molar-refractivity contribution in [2.75, 3.05) is 49.8 Å². The Morgan fingerprint density at radius 2 is 1.97 bits per heavy atom. The highest BCUT2D eigenvalue weighted by Crippen LogP contribution is 2.54. The minimum Gasteiger partial charge on any atom is -0.491 e. The van der Waals surface area contributed by atoms with Crippen LogP contribution in [0, 0.1) is 0 Å². The van der Waals surface area contributed by atoms with Crippen LogP contribution in [-0.2, 0) is 14.9 Å². The molecule has 4 heterocycles. The summed E-state index contributed by atoms with van der Waals surface area (Å²) in [5.41, 5.74) is 3.12. The molecule has 6 nitrogen and oxygen atoms in total. The topological polar surface area (TPSA) is 51.2 Å². The predicted octanol–water partition coefficient (Wildman–Crippen LogP) is 2.72. The van der Waals surface area contributed by atoms with Crippen molar-refractivity contribution in [1.29, 1.82) is 0 Å². The van der Waals surface area contributed by atoms with Gasteiger partial charge in [-0.3, -0.25) is 4.79 Å². The number of rotatable bonds is 2. The van der Waals surface area contributed by atoms with E-state index in [1.165, 1.54) is 0 Å². The van der Waals surface area contributed by atoms with Gasteiger partial charge in [0.2, 0.25) is 5.91 Å². The zero-order valence-electron chi connectivity index (χ0n) is 16.5. The van der Waals surface area contributed by atoms with Crippen LogP contribution in [0.1, 0.15) is 24.0 Å². The molecule has 29 heavy (non-hydrogen) atoms. The molecule has 6 heteroatoms. The summed E-state index contributed by atoms with van der Waals surface area (Å²) in [5.74, 6) is 1.69. The molecule has 0 radical (unpaired) electrons. The van der Waals surface area contributed by atoms with Crippen molar-refractivity contribution in [2.45, 2.75) is 24.4 Å². The molecule has 2 atom stereocenters. The van der Waals surface area contributed by atoms with E-state index in [0.717, 1.165) is 60.0 Å². The van der Waals surface area contributed by atoms with E-state index < -0.39 is 5.41 Å². The highest BCUT2D eigenvalue weighted by molar-refractivity contribution is 6.11. The van der Waals surface area contributed by atoms with Gasteiger partial charge < -0.3 is 24.0 Å². The number of para-hydroxylation sites is 1. The molecule has 1 unspecified atom stereocenters. The van der Waals surface area contributed by atoms with E-state index in [2.05, 4.69) is 18.0 Å². The zero-order chi connectivity index (χ0) is 19.6. The van der Waals surface area contributed by atoms with Crippen molar-refractivity contribution in [2.24, 2.45) is 0 Å². The monoisotopic (exact) mass is 392 g/mol. The van der Waals surface area contributed by atoms with Crippen LogP contribution in [0.15, 0.2) is 36.4 Å². The molecule has 0 saturated carbocycles. The number of nitrogens with zero attached hydrogens (tertiary/aromatic N) is 2. The molecule has 1 saturated heterocycles. The van der Waals surface area contributed by atoms with Crippen molar-refractivity contribution in [3.8, 4) is 11.5 Å². The summed E-state index contributed by atoms with van der Waals surface area (Å²) in [7, 11) is 2.05. The normalized spacial score (nSPS) is 26.9. The van der Waals surface area contributed by atoms with E-state index >= 15 is 0 Å². The maximum atomic E-state index is 13.9. The number of anilines is 2. The van der Waals surface area contributed by atoms with Gasteiger partial charge in [0.15, 0.2) is 0 Å². The van der Waals surface area contributed by atoms with Crippen LogP contribution in [0.5, 0.6) is 11.5 Å². The average Bonchev–Trinajstić information content (AvgIpc) is 3.44. The molecule has 0 bridgehead atoms. The maximum absolute atomic E-state index is 13.9. The molecule has 0 aliphatic carbocycles. The highest BCUT2D eigenvalue weighted by Gasteiger charge is 2.57. The number of fused-ring (bicyclic) bond motifs is 5. The molecular formula is C23H24N2O4. The highest BCUT2D eigenvalue weighted by atomic mass is 16.5. The summed E-state index contributed by atoms with van der Waals surface area (Å²) < 4.78 is 17.9. The number of likely N-dealkylation sites (N-methyl/N-ethyl adjacent to an activating group) is 1. The summed E-state index contributed by atoms with van der Waals surface area (Å²) >= 11 is 0. The smallest absolute Gasteiger partial charge is 0.245 e. The summed E-state index contributed by atoms with van der Waals surface area (Å²) in [4.78, 5) is 18.0. The van der Waals surface area contributed by atoms with Gasteiger partial charge in [0.05, 0.1) is 24.9 Å². The van der Waals surface area contributed by atoms with E-state index in [-0.39, 0.29) is 12.0 Å². The molecule has 1 amide bonds. The van der Waals surface area contributed by atoms with Gasteiger partial charge >= 0.3 is 0 Å². The van der Waals surface area contributed by atoms with Gasteiger partial charge in [-0.05, 0) is 30.5 Å². The van der Waals surface area contributed by atoms with Crippen molar-refractivity contribution < 1.29 is 19.0 Å². The lowest BCUT2D eigenvalue weighted by molar-refractivity contribution is -0.122. The summed E-state index contributed by atoms with van der Waals surface area (Å²) in [6, 6.07) is 12.2. The van der Waals surface area contributed by atoms with Gasteiger partial charge in [-0.15, -0.1) is 0 Å². The summed E-state index contributed by atoms with van der Waals surface area (Å²) in [6.45, 7) is 3.19. The lowest BCUT2D eigenvalue weighted by Crippen LogP contribution is -2.45. The minimum absolute atomic E-state index is 0.0806. The van der Waals surface area contributed by atoms with Crippen molar-refractivity contribution in [3.63, 3.8) is 0 Å². The molecule has 4 aliphatic rings. The third-order valence-electron chi connectivity index (χ3n) is 6.74. The largest absolute Gasteiger partial charge is 0.491 e. The quantitative estimate of drug-likeness (QED) is 0.787. The average molecular weight is 392 g/mol. The first-order chi connectivity index (χ1) is 14.2. The first-order valence-corrected chi connectivity index (χ1v) is 10.4. The Morgan fingerprint density at radius 1 is 1.07 bits per heavy atom. The standard InChI is InChI=1S/C23H24N2O4/c1-24-8-10-28-21-11-17-20(12-19(21)24)29-14-23(17)16-6-2-3-7-18(16)25(22(23)26)13-15-5-4-9-27-15/h2-3,6-7,11-12,15H,4-5,8-10,13-14H2,1H3/t15-,23?/m1/s1. The van der Waals surface area contributed by atoms with Crippen LogP contribution >= 0.6 is 0 Å². The van der Waals surface area contributed by atoms with Crippen molar-refractivity contribution >= 4 is 17.3 Å². The maximum Gasteiger partial charge on any atom is 0.245 e. The number of hydrogen-bond donors (Lipinski definition) is 0. The molecule has 6 rings (SSSR count). The van der Waals surface area contributed by atoms with E-state index in [1.807, 2.05) is 35.2 Å². The van der Waals surface area contributed by atoms with E-state index in [0.29, 0.717) is 19.8 Å². The summed E-state index contributed by atoms with van der Waals surface area (Å²) in [6.07, 6.45) is 2.16. The molecule has 0 N–H and O–H groups in total. The Kier molecular flexibility index (Phi) is 3.63. The number of benzene rings is 2. The Balaban J connectivity index is 1.48. The van der Waals surface area contributed by atoms with E-state index in [1.54, 1.807) is 0 Å². The zero-order valence-corrected chi connectivity index (χ0v) is 16.5. The number of carbonyl (C=O) groups is 1. The number of ether oxygens (including phenoxy) is 3. The third-order valence-corrected chi connectivity index (χ3v) is 6.74. The van der Waals surface area contributed by atoms with Gasteiger partial charge in [-0.2, -0.15) is 0 Å². The Hall–Kier alpha value is -2.73. The summed E-state index contributed by atoms with van der Waals surface area (Å²) in [5, 5.41) is 0. The van der Waals surface area contributed by atoms with Gasteiger partial charge in [0, 0.05) is 31.0 Å². The predicted molar refractivity (Wildman–Crippen MR) is 109 cm³/mol. The lowest BCUT2D eigenvalue weighted by Gasteiger charge is -2.29. The van der Waals surface area contributed by atoms with E-state index in [9.17, 15) is 4.79 Å². The second-order valence-corrected chi connectivity index (χ2v) is 8.35. The molecule has 0 aromatic heterocycles. The fourth-order valence-corrected chi connectivity index (χ4v) is 5.19. The van der Waals surface area contributed by atoms with Crippen LogP contribution in [0.25, 0.3) is 0 Å². The molecule has 4 aliphatic heterocycles. The van der Waals surface area contributed by atoms with Gasteiger partial charge in [0.25, 0.3) is 0 Å². The molecule has 2 aromatic rings. The fraction of sp³-hybridized carbons (Fsp3) is 0.435. The molecule has 150 valence electrons. The number of amides is 1. The van der Waals surface area contributed by atoms with Gasteiger partial charge in [-0.1, -0.05) is 18.2 Å². The number of carbonyl (C=O) groups excluding carboxylic acids is 1. The van der Waals surface area contributed by atoms with E-state index in [4.69, 9.17) is 14.2 Å². The Bertz CT molecular complexity index is 1000. The molecular weight excluding hydrogens is 368 g/mol. The van der Waals surface area contributed by atoms with Crippen molar-refractivity contribution in [1.82, 2.24) is 0 Å². The fourth-order valence-electron chi connectivity index (χ4n) is 5.19. The van der Waals surface area contributed by atoms with Crippen LogP contribution in [0.4, 0.5) is 11.4 Å². The molecule has 2 aromatic carbocycles. The lowest BCUT2D eigenvalue weighted by atomic mass is 9.77. The first kappa shape index (κ1) is 17.2.